The minimum Gasteiger partial charge on any atom is -0.542 e. The van der Waals surface area contributed by atoms with Gasteiger partial charge in [0.05, 0.1) is 11.0 Å². The van der Waals surface area contributed by atoms with Crippen molar-refractivity contribution in [3.8, 4) is 0 Å². The molecule has 1 heterocycles. The van der Waals surface area contributed by atoms with Crippen LogP contribution in [0.25, 0.3) is 11.0 Å². The molecule has 0 unspecified atom stereocenters. The van der Waals surface area contributed by atoms with Crippen LogP contribution in [0.4, 0.5) is 0 Å². The Labute approximate surface area is 140 Å². The van der Waals surface area contributed by atoms with E-state index >= 15 is 0 Å². The normalized spacial score (nSPS) is 7.84. The summed E-state index contributed by atoms with van der Waals surface area (Å²) in [7, 11) is 3.56. The van der Waals surface area contributed by atoms with Crippen molar-refractivity contribution in [1.82, 2.24) is 9.13 Å². The quantitative estimate of drug-likeness (QED) is 0.692. The van der Waals surface area contributed by atoms with Crippen molar-refractivity contribution in [1.29, 1.82) is 0 Å². The Bertz CT molecular complexity index is 488. The zero-order chi connectivity index (χ0) is 13.4. The molecule has 0 saturated carbocycles. The van der Waals surface area contributed by atoms with Crippen LogP contribution in [0.15, 0.2) is 29.1 Å². The Morgan fingerprint density at radius 2 is 1.26 bits per heavy atom. The summed E-state index contributed by atoms with van der Waals surface area (Å²) < 4.78 is 3.30. The number of imidazole rings is 1. The molecule has 0 spiro atoms. The topological polar surface area (TPSA) is 44.0 Å². The summed E-state index contributed by atoms with van der Waals surface area (Å²) in [6.07, 6.45) is 1.50. The second kappa shape index (κ2) is 12.3. The van der Waals surface area contributed by atoms with Crippen LogP contribution in [0.3, 0.4) is 0 Å². The maximum absolute atomic E-state index is 11.4. The number of fused-ring (bicyclic) bond motifs is 1. The molecule has 0 aliphatic rings. The Hall–Kier alpha value is -0.736. The van der Waals surface area contributed by atoms with Crippen LogP contribution in [-0.2, 0) is 51.6 Å². The van der Waals surface area contributed by atoms with Gasteiger partial charge in [-0.15, -0.1) is 0 Å². The fourth-order valence-corrected chi connectivity index (χ4v) is 1.46. The Balaban J connectivity index is -0.000000327. The zero-order valence-electron chi connectivity index (χ0n) is 12.6. The average Bonchev–Trinajstić information content (AvgIpc) is 2.59. The Morgan fingerprint density at radius 1 is 1.00 bits per heavy atom. The molecule has 0 atom stereocenters. The summed E-state index contributed by atoms with van der Waals surface area (Å²) in [5.41, 5.74) is 1.98. The standard InChI is InChI=1S/C9H10N2O.C2H3O.C2H6.CH3.Y/c1-10-7-5-3-4-6-8(7)11(2)9(10)12;1-2-3;1-2;;/h3-6H,1-2H3;1H3;1-2H3;1H3;/q;-1;;-1;. The van der Waals surface area contributed by atoms with Crippen LogP contribution in [0.1, 0.15) is 20.8 Å². The predicted molar refractivity (Wildman–Crippen MR) is 77.3 cm³/mol. The summed E-state index contributed by atoms with van der Waals surface area (Å²) in [5, 5.41) is 0. The van der Waals surface area contributed by atoms with E-state index in [9.17, 15) is 4.79 Å². The molecule has 0 bridgehead atoms. The second-order valence-electron chi connectivity index (χ2n) is 3.09. The predicted octanol–water partition coefficient (Wildman–Crippen LogP) is 2.47. The molecule has 0 fully saturated rings. The number of aryl methyl sites for hydroxylation is 2. The van der Waals surface area contributed by atoms with Gasteiger partial charge in [0.25, 0.3) is 0 Å². The van der Waals surface area contributed by atoms with Gasteiger partial charge in [-0.1, -0.05) is 26.0 Å². The molecule has 4 nitrogen and oxygen atoms in total. The van der Waals surface area contributed by atoms with E-state index in [1.807, 2.05) is 38.1 Å². The van der Waals surface area contributed by atoms with Crippen LogP contribution in [-0.4, -0.2) is 15.4 Å². The number of rotatable bonds is 0. The first-order chi connectivity index (χ1) is 8.13. The molecular formula is C14H22N2O2Y-2. The summed E-state index contributed by atoms with van der Waals surface area (Å²) >= 11 is 0. The summed E-state index contributed by atoms with van der Waals surface area (Å²) in [4.78, 5) is 20.1. The van der Waals surface area contributed by atoms with Crippen molar-refractivity contribution in [2.75, 3.05) is 0 Å². The van der Waals surface area contributed by atoms with Gasteiger partial charge in [-0.05, 0) is 12.1 Å². The molecule has 5 heteroatoms. The van der Waals surface area contributed by atoms with E-state index in [2.05, 4.69) is 0 Å². The van der Waals surface area contributed by atoms with E-state index in [1.165, 1.54) is 13.2 Å². The SMILES string of the molecule is CC.C[C-]=O.Cn1c(=O)n(C)c2ccccc21.[CH3-].[Y]. The van der Waals surface area contributed by atoms with Crippen LogP contribution in [0.5, 0.6) is 0 Å². The van der Waals surface area contributed by atoms with E-state index in [0.717, 1.165) is 11.0 Å². The monoisotopic (exact) mass is 339 g/mol. The van der Waals surface area contributed by atoms with Gasteiger partial charge in [0.1, 0.15) is 0 Å². The van der Waals surface area contributed by atoms with E-state index in [-0.39, 0.29) is 45.8 Å². The first-order valence-corrected chi connectivity index (χ1v) is 5.52. The molecule has 0 N–H and O–H groups in total. The van der Waals surface area contributed by atoms with Crippen LogP contribution in [0, 0.1) is 7.43 Å². The minimum absolute atomic E-state index is 0. The number of nitrogens with zero attached hydrogens (tertiary/aromatic N) is 2. The molecule has 1 radical (unpaired) electrons. The van der Waals surface area contributed by atoms with Crippen LogP contribution < -0.4 is 5.69 Å². The van der Waals surface area contributed by atoms with Gasteiger partial charge >= 0.3 is 5.69 Å². The van der Waals surface area contributed by atoms with Gasteiger partial charge < -0.3 is 12.2 Å². The zero-order valence-corrected chi connectivity index (χ0v) is 15.4. The molecule has 0 amide bonds. The van der Waals surface area contributed by atoms with Gasteiger partial charge in [0, 0.05) is 46.8 Å². The number of aromatic nitrogens is 2. The molecule has 2 rings (SSSR count). The average molecular weight is 339 g/mol. The van der Waals surface area contributed by atoms with Crippen molar-refractivity contribution >= 4 is 17.3 Å². The smallest absolute Gasteiger partial charge is 0.328 e. The molecule has 0 saturated heterocycles. The molecule has 0 aliphatic carbocycles. The summed E-state index contributed by atoms with van der Waals surface area (Å²) in [5.74, 6) is 0. The van der Waals surface area contributed by atoms with Crippen molar-refractivity contribution < 1.29 is 37.5 Å². The van der Waals surface area contributed by atoms with Crippen molar-refractivity contribution in [3.63, 3.8) is 0 Å². The number of hydrogen-bond acceptors (Lipinski definition) is 2. The van der Waals surface area contributed by atoms with Crippen molar-refractivity contribution in [2.45, 2.75) is 20.8 Å². The van der Waals surface area contributed by atoms with E-state index in [4.69, 9.17) is 4.79 Å². The number of benzene rings is 1. The molecule has 0 aliphatic heterocycles. The molecular weight excluding hydrogens is 317 g/mol. The van der Waals surface area contributed by atoms with Gasteiger partial charge in [-0.25, -0.2) is 4.79 Å². The van der Waals surface area contributed by atoms with Crippen LogP contribution in [0.2, 0.25) is 0 Å². The molecule has 1 aromatic carbocycles. The Kier molecular flexibility index (Phi) is 15.1. The fraction of sp³-hybridized carbons (Fsp3) is 0.357. The summed E-state index contributed by atoms with van der Waals surface area (Å²) in [6, 6.07) is 7.75. The largest absolute Gasteiger partial charge is 0.542 e. The number of hydrogen-bond donors (Lipinski definition) is 0. The third kappa shape index (κ3) is 5.83. The van der Waals surface area contributed by atoms with Gasteiger partial charge in [-0.2, -0.15) is 6.92 Å². The van der Waals surface area contributed by atoms with Crippen molar-refractivity contribution in [2.24, 2.45) is 14.1 Å². The minimum atomic E-state index is 0. The molecule has 105 valence electrons. The second-order valence-corrected chi connectivity index (χ2v) is 3.09. The van der Waals surface area contributed by atoms with Gasteiger partial charge in [0.15, 0.2) is 0 Å². The third-order valence-electron chi connectivity index (χ3n) is 2.18. The van der Waals surface area contributed by atoms with E-state index in [1.54, 1.807) is 23.2 Å². The van der Waals surface area contributed by atoms with Crippen molar-refractivity contribution in [3.05, 3.63) is 42.2 Å². The maximum atomic E-state index is 11.4. The third-order valence-corrected chi connectivity index (χ3v) is 2.18. The maximum Gasteiger partial charge on any atom is 0.328 e. The first kappa shape index (κ1) is 23.4. The van der Waals surface area contributed by atoms with E-state index in [0.29, 0.717) is 0 Å². The Morgan fingerprint density at radius 3 is 1.53 bits per heavy atom. The number of carbonyl (C=O) groups excluding carboxylic acids is 1. The van der Waals surface area contributed by atoms with Gasteiger partial charge in [-0.3, -0.25) is 15.4 Å². The first-order valence-electron chi connectivity index (χ1n) is 5.52. The molecule has 2 aromatic rings. The van der Waals surface area contributed by atoms with Crippen LogP contribution >= 0.6 is 0 Å². The fourth-order valence-electron chi connectivity index (χ4n) is 1.46. The van der Waals surface area contributed by atoms with Gasteiger partial charge in [0.2, 0.25) is 0 Å². The van der Waals surface area contributed by atoms with E-state index < -0.39 is 0 Å². The number of para-hydroxylation sites is 2. The molecule has 1 aromatic heterocycles. The molecule has 19 heavy (non-hydrogen) atoms. The summed E-state index contributed by atoms with van der Waals surface area (Å²) in [6.45, 7) is 5.32.